The predicted molar refractivity (Wildman–Crippen MR) is 90.7 cm³/mol. The molecule has 0 saturated carbocycles. The van der Waals surface area contributed by atoms with Gasteiger partial charge in [0.25, 0.3) is 0 Å². The van der Waals surface area contributed by atoms with Gasteiger partial charge in [-0.2, -0.15) is 9.64 Å². The molecule has 0 unspecified atom stereocenters. The lowest BCUT2D eigenvalue weighted by Gasteiger charge is -2.35. The Labute approximate surface area is 144 Å². The first-order chi connectivity index (χ1) is 11.7. The number of nitriles is 1. The molecule has 0 atom stereocenters. The van der Waals surface area contributed by atoms with Gasteiger partial charge in [-0.1, -0.05) is 0 Å². The highest BCUT2D eigenvalue weighted by atomic mass is 32.1. The Morgan fingerprint density at radius 3 is 2.79 bits per heavy atom. The van der Waals surface area contributed by atoms with Crippen LogP contribution in [0.5, 0.6) is 0 Å². The Kier molecular flexibility index (Phi) is 5.01. The van der Waals surface area contributed by atoms with Crippen LogP contribution in [0, 0.1) is 18.3 Å². The predicted octanol–water partition coefficient (Wildman–Crippen LogP) is 1.39. The maximum atomic E-state index is 12.3. The quantitative estimate of drug-likeness (QED) is 0.835. The highest BCUT2D eigenvalue weighted by Crippen LogP contribution is 2.28. The molecule has 1 saturated heterocycles. The van der Waals surface area contributed by atoms with E-state index in [1.807, 2.05) is 11.8 Å². The van der Waals surface area contributed by atoms with Crippen molar-refractivity contribution in [3.05, 3.63) is 35.5 Å². The Morgan fingerprint density at radius 1 is 1.33 bits per heavy atom. The zero-order chi connectivity index (χ0) is 16.9. The number of amides is 1. The van der Waals surface area contributed by atoms with E-state index in [9.17, 15) is 10.1 Å². The molecule has 124 valence electrons. The van der Waals surface area contributed by atoms with Crippen molar-refractivity contribution in [1.82, 2.24) is 19.2 Å². The van der Waals surface area contributed by atoms with Crippen molar-refractivity contribution >= 4 is 22.4 Å². The third-order valence-corrected chi connectivity index (χ3v) is 5.09. The van der Waals surface area contributed by atoms with Gasteiger partial charge in [-0.05, 0) is 24.9 Å². The van der Waals surface area contributed by atoms with Gasteiger partial charge in [-0.3, -0.25) is 14.8 Å². The Hall–Kier alpha value is -2.53. The fourth-order valence-corrected chi connectivity index (χ4v) is 3.61. The first-order valence-electron chi connectivity index (χ1n) is 7.83. The molecular weight excluding hydrogens is 324 g/mol. The van der Waals surface area contributed by atoms with E-state index >= 15 is 0 Å². The number of rotatable bonds is 4. The van der Waals surface area contributed by atoms with Crippen LogP contribution in [0.15, 0.2) is 18.6 Å². The van der Waals surface area contributed by atoms with Crippen LogP contribution in [0.3, 0.4) is 0 Å². The molecule has 3 heterocycles. The monoisotopic (exact) mass is 342 g/mol. The molecule has 0 bridgehead atoms. The van der Waals surface area contributed by atoms with Gasteiger partial charge in [0.1, 0.15) is 16.6 Å². The SMILES string of the molecule is Cc1nsc(N2CCN(C(=O)CCc3cnccn3)CC2)c1C#N. The second kappa shape index (κ2) is 7.36. The van der Waals surface area contributed by atoms with E-state index in [0.29, 0.717) is 31.5 Å². The summed E-state index contributed by atoms with van der Waals surface area (Å²) in [6.07, 6.45) is 6.02. The number of carbonyl (C=O) groups excluding carboxylic acids is 1. The van der Waals surface area contributed by atoms with Gasteiger partial charge in [0.05, 0.1) is 11.4 Å². The van der Waals surface area contributed by atoms with Gasteiger partial charge in [0.2, 0.25) is 5.91 Å². The van der Waals surface area contributed by atoms with E-state index < -0.39 is 0 Å². The van der Waals surface area contributed by atoms with Crippen LogP contribution in [-0.4, -0.2) is 51.3 Å². The Morgan fingerprint density at radius 2 is 2.12 bits per heavy atom. The highest BCUT2D eigenvalue weighted by molar-refractivity contribution is 7.10. The molecule has 7 nitrogen and oxygen atoms in total. The minimum atomic E-state index is 0.140. The summed E-state index contributed by atoms with van der Waals surface area (Å²) in [6, 6.07) is 2.23. The minimum absolute atomic E-state index is 0.140. The average molecular weight is 342 g/mol. The lowest BCUT2D eigenvalue weighted by atomic mass is 10.2. The standard InChI is InChI=1S/C16H18N6OS/c1-12-14(10-17)16(24-20-12)22-8-6-21(7-9-22)15(23)3-2-13-11-18-4-5-19-13/h4-5,11H,2-3,6-9H2,1H3. The molecule has 0 aliphatic carbocycles. The van der Waals surface area contributed by atoms with Crippen LogP contribution in [0.25, 0.3) is 0 Å². The van der Waals surface area contributed by atoms with Crippen molar-refractivity contribution in [1.29, 1.82) is 5.26 Å². The molecule has 2 aromatic rings. The van der Waals surface area contributed by atoms with Gasteiger partial charge < -0.3 is 9.80 Å². The molecule has 0 N–H and O–H groups in total. The lowest BCUT2D eigenvalue weighted by Crippen LogP contribution is -2.48. The summed E-state index contributed by atoms with van der Waals surface area (Å²) < 4.78 is 4.26. The topological polar surface area (TPSA) is 86.0 Å². The van der Waals surface area contributed by atoms with Gasteiger partial charge in [-0.25, -0.2) is 0 Å². The Balaban J connectivity index is 1.53. The third-order valence-electron chi connectivity index (χ3n) is 4.09. The van der Waals surface area contributed by atoms with E-state index in [1.165, 1.54) is 11.5 Å². The summed E-state index contributed by atoms with van der Waals surface area (Å²) in [7, 11) is 0. The van der Waals surface area contributed by atoms with E-state index in [1.54, 1.807) is 18.6 Å². The summed E-state index contributed by atoms with van der Waals surface area (Å²) in [4.78, 5) is 24.6. The van der Waals surface area contributed by atoms with Gasteiger partial charge in [0.15, 0.2) is 0 Å². The molecule has 2 aromatic heterocycles. The number of anilines is 1. The number of hydrogen-bond acceptors (Lipinski definition) is 7. The first kappa shape index (κ1) is 16.3. The summed E-state index contributed by atoms with van der Waals surface area (Å²) in [5.41, 5.74) is 2.27. The molecule has 1 aliphatic heterocycles. The number of hydrogen-bond donors (Lipinski definition) is 0. The summed E-state index contributed by atoms with van der Waals surface area (Å²) in [5.74, 6) is 0.140. The second-order valence-electron chi connectivity index (χ2n) is 5.62. The van der Waals surface area contributed by atoms with E-state index in [-0.39, 0.29) is 5.91 Å². The summed E-state index contributed by atoms with van der Waals surface area (Å²) in [6.45, 7) is 4.65. The maximum Gasteiger partial charge on any atom is 0.223 e. The minimum Gasteiger partial charge on any atom is -0.358 e. The molecule has 1 amide bonds. The van der Waals surface area contributed by atoms with Crippen LogP contribution in [0.2, 0.25) is 0 Å². The van der Waals surface area contributed by atoms with Crippen LogP contribution in [-0.2, 0) is 11.2 Å². The van der Waals surface area contributed by atoms with Gasteiger partial charge >= 0.3 is 0 Å². The molecule has 0 aromatic carbocycles. The fourth-order valence-electron chi connectivity index (χ4n) is 2.71. The number of nitrogens with zero attached hydrogens (tertiary/aromatic N) is 6. The van der Waals surface area contributed by atoms with Crippen molar-refractivity contribution in [3.63, 3.8) is 0 Å². The Bertz CT molecular complexity index is 746. The largest absolute Gasteiger partial charge is 0.358 e. The molecule has 0 spiro atoms. The number of carbonyl (C=O) groups is 1. The molecule has 8 heteroatoms. The second-order valence-corrected chi connectivity index (χ2v) is 6.38. The zero-order valence-electron chi connectivity index (χ0n) is 13.5. The van der Waals surface area contributed by atoms with Gasteiger partial charge in [0, 0.05) is 51.2 Å². The summed E-state index contributed by atoms with van der Waals surface area (Å²) in [5, 5.41) is 10.2. The maximum absolute atomic E-state index is 12.3. The number of piperazine rings is 1. The number of aryl methyl sites for hydroxylation is 2. The van der Waals surface area contributed by atoms with Gasteiger partial charge in [-0.15, -0.1) is 0 Å². The number of aromatic nitrogens is 3. The van der Waals surface area contributed by atoms with Crippen LogP contribution in [0.4, 0.5) is 5.00 Å². The van der Waals surface area contributed by atoms with Crippen molar-refractivity contribution in [2.75, 3.05) is 31.1 Å². The first-order valence-corrected chi connectivity index (χ1v) is 8.60. The third kappa shape index (κ3) is 3.51. The molecule has 24 heavy (non-hydrogen) atoms. The molecular formula is C16H18N6OS. The van der Waals surface area contributed by atoms with E-state index in [4.69, 9.17) is 0 Å². The zero-order valence-corrected chi connectivity index (χ0v) is 14.3. The van der Waals surface area contributed by atoms with E-state index in [2.05, 4.69) is 25.3 Å². The highest BCUT2D eigenvalue weighted by Gasteiger charge is 2.24. The van der Waals surface area contributed by atoms with Crippen LogP contribution >= 0.6 is 11.5 Å². The molecule has 1 fully saturated rings. The summed E-state index contributed by atoms with van der Waals surface area (Å²) >= 11 is 1.36. The smallest absolute Gasteiger partial charge is 0.223 e. The van der Waals surface area contributed by atoms with Crippen molar-refractivity contribution in [2.45, 2.75) is 19.8 Å². The van der Waals surface area contributed by atoms with Crippen molar-refractivity contribution < 1.29 is 4.79 Å². The fraction of sp³-hybridized carbons (Fsp3) is 0.438. The van der Waals surface area contributed by atoms with Crippen LogP contribution in [0.1, 0.15) is 23.4 Å². The molecule has 0 radical (unpaired) electrons. The van der Waals surface area contributed by atoms with Crippen molar-refractivity contribution in [2.24, 2.45) is 0 Å². The lowest BCUT2D eigenvalue weighted by molar-refractivity contribution is -0.131. The van der Waals surface area contributed by atoms with Crippen LogP contribution < -0.4 is 4.90 Å². The molecule has 3 rings (SSSR count). The molecule has 1 aliphatic rings. The van der Waals surface area contributed by atoms with E-state index in [0.717, 1.165) is 29.5 Å². The average Bonchev–Trinajstić information content (AvgIpc) is 3.01. The normalized spacial score (nSPS) is 14.5. The van der Waals surface area contributed by atoms with Crippen molar-refractivity contribution in [3.8, 4) is 6.07 Å².